The van der Waals surface area contributed by atoms with E-state index in [1.165, 1.54) is 4.90 Å². The van der Waals surface area contributed by atoms with Crippen molar-refractivity contribution in [2.75, 3.05) is 32.7 Å². The van der Waals surface area contributed by atoms with Crippen LogP contribution >= 0.6 is 24.0 Å². The van der Waals surface area contributed by atoms with Crippen molar-refractivity contribution >= 4 is 29.9 Å². The summed E-state index contributed by atoms with van der Waals surface area (Å²) >= 11 is 0. The Hall–Kier alpha value is -1.96. The predicted octanol–water partition coefficient (Wildman–Crippen LogP) is 2.48. The summed E-state index contributed by atoms with van der Waals surface area (Å²) in [5.41, 5.74) is 0.606. The largest absolute Gasteiger partial charge is 0.401 e. The Bertz CT molecular complexity index is 801. The van der Waals surface area contributed by atoms with E-state index in [2.05, 4.69) is 30.8 Å². The molecule has 0 radical (unpaired) electrons. The van der Waals surface area contributed by atoms with E-state index in [1.807, 2.05) is 13.0 Å². The molecule has 2 aromatic rings. The molecule has 1 fully saturated rings. The van der Waals surface area contributed by atoms with Crippen LogP contribution < -0.4 is 10.6 Å². The van der Waals surface area contributed by atoms with Gasteiger partial charge in [-0.25, -0.2) is 0 Å². The van der Waals surface area contributed by atoms with Crippen LogP contribution in [0.25, 0.3) is 11.6 Å². The number of hydrogen-bond acceptors (Lipinski definition) is 6. The van der Waals surface area contributed by atoms with Gasteiger partial charge in [0.2, 0.25) is 0 Å². The van der Waals surface area contributed by atoms with Crippen LogP contribution in [0.1, 0.15) is 19.2 Å². The van der Waals surface area contributed by atoms with E-state index in [0.29, 0.717) is 62.4 Å². The summed E-state index contributed by atoms with van der Waals surface area (Å²) in [5, 5.41) is 10.3. The predicted molar refractivity (Wildman–Crippen MR) is 117 cm³/mol. The molecule has 0 aliphatic carbocycles. The number of aliphatic imine (C=N–C) groups is 1. The average Bonchev–Trinajstić information content (AvgIpc) is 3.31. The summed E-state index contributed by atoms with van der Waals surface area (Å²) in [5.74, 6) is 1.44. The van der Waals surface area contributed by atoms with Gasteiger partial charge < -0.3 is 15.2 Å². The highest BCUT2D eigenvalue weighted by Gasteiger charge is 2.34. The second-order valence-electron chi connectivity index (χ2n) is 6.72. The minimum Gasteiger partial charge on any atom is -0.357 e. The van der Waals surface area contributed by atoms with E-state index >= 15 is 0 Å². The van der Waals surface area contributed by atoms with Gasteiger partial charge in [-0.2, -0.15) is 18.2 Å². The molecule has 1 aliphatic rings. The van der Waals surface area contributed by atoms with E-state index < -0.39 is 12.7 Å². The molecule has 0 spiro atoms. The van der Waals surface area contributed by atoms with Gasteiger partial charge in [-0.15, -0.1) is 24.0 Å². The van der Waals surface area contributed by atoms with Crippen LogP contribution in [0, 0.1) is 0 Å². The van der Waals surface area contributed by atoms with Gasteiger partial charge in [0.1, 0.15) is 5.69 Å². The normalized spacial score (nSPS) is 17.6. The van der Waals surface area contributed by atoms with Crippen LogP contribution in [-0.2, 0) is 6.42 Å². The molecule has 0 saturated carbocycles. The van der Waals surface area contributed by atoms with E-state index in [9.17, 15) is 13.2 Å². The van der Waals surface area contributed by atoms with Crippen molar-refractivity contribution in [1.82, 2.24) is 30.7 Å². The summed E-state index contributed by atoms with van der Waals surface area (Å²) < 4.78 is 42.8. The lowest BCUT2D eigenvalue weighted by molar-refractivity contribution is -0.143. The van der Waals surface area contributed by atoms with Crippen molar-refractivity contribution in [3.05, 3.63) is 30.2 Å². The number of nitrogens with one attached hydrogen (secondary N) is 2. The molecular weight excluding hydrogens is 514 g/mol. The number of alkyl halides is 3. The molecule has 166 valence electrons. The zero-order valence-electron chi connectivity index (χ0n) is 16.5. The quantitative estimate of drug-likeness (QED) is 0.318. The number of nitrogens with zero attached hydrogens (tertiary/aromatic N) is 5. The third kappa shape index (κ3) is 7.70. The monoisotopic (exact) mass is 539 g/mol. The Morgan fingerprint density at radius 3 is 2.90 bits per heavy atom. The first-order chi connectivity index (χ1) is 13.9. The number of halogens is 4. The number of pyridine rings is 1. The average molecular weight is 539 g/mol. The topological polar surface area (TPSA) is 91.5 Å². The highest BCUT2D eigenvalue weighted by atomic mass is 127. The lowest BCUT2D eigenvalue weighted by Crippen LogP contribution is -2.45. The number of aromatic nitrogens is 3. The van der Waals surface area contributed by atoms with Gasteiger partial charge in [0.05, 0.1) is 6.54 Å². The molecule has 30 heavy (non-hydrogen) atoms. The summed E-state index contributed by atoms with van der Waals surface area (Å²) in [6.45, 7) is 2.86. The van der Waals surface area contributed by atoms with Crippen LogP contribution in [0.3, 0.4) is 0 Å². The van der Waals surface area contributed by atoms with Gasteiger partial charge >= 0.3 is 6.18 Å². The van der Waals surface area contributed by atoms with Gasteiger partial charge in [-0.1, -0.05) is 11.2 Å². The second kappa shape index (κ2) is 11.4. The Balaban J connectivity index is 0.00000320. The number of guanidine groups is 1. The fourth-order valence-electron chi connectivity index (χ4n) is 3.08. The van der Waals surface area contributed by atoms with Crippen molar-refractivity contribution in [2.24, 2.45) is 4.99 Å². The first kappa shape index (κ1) is 24.3. The molecule has 12 heteroatoms. The molecule has 2 aromatic heterocycles. The molecule has 1 aliphatic heterocycles. The van der Waals surface area contributed by atoms with Crippen molar-refractivity contribution in [2.45, 2.75) is 32.0 Å². The van der Waals surface area contributed by atoms with Crippen molar-refractivity contribution in [1.29, 1.82) is 0 Å². The Labute approximate surface area is 189 Å². The standard InChI is InChI=1S/C18H24F3N7O.HI/c1-2-22-17(25-13-7-10-28(11-13)12-18(19,20)21)24-9-6-15-26-16(29-27-15)14-5-3-4-8-23-14;/h3-5,8,13H,2,6-7,9-12H2,1H3,(H2,22,24,25);1H. The van der Waals surface area contributed by atoms with Crippen LogP contribution in [0.5, 0.6) is 0 Å². The fraction of sp³-hybridized carbons (Fsp3) is 0.556. The number of likely N-dealkylation sites (tertiary alicyclic amines) is 1. The van der Waals surface area contributed by atoms with Gasteiger partial charge in [-0.3, -0.25) is 14.9 Å². The molecule has 8 nitrogen and oxygen atoms in total. The number of hydrogen-bond donors (Lipinski definition) is 2. The molecule has 1 atom stereocenters. The van der Waals surface area contributed by atoms with Crippen molar-refractivity contribution in [3.8, 4) is 11.6 Å². The summed E-state index contributed by atoms with van der Waals surface area (Å²) in [7, 11) is 0. The molecule has 1 saturated heterocycles. The fourth-order valence-corrected chi connectivity index (χ4v) is 3.08. The van der Waals surface area contributed by atoms with E-state index in [-0.39, 0.29) is 30.0 Å². The van der Waals surface area contributed by atoms with Gasteiger partial charge in [0, 0.05) is 44.8 Å². The first-order valence-corrected chi connectivity index (χ1v) is 9.51. The first-order valence-electron chi connectivity index (χ1n) is 9.51. The Morgan fingerprint density at radius 1 is 1.37 bits per heavy atom. The molecule has 1 unspecified atom stereocenters. The maximum Gasteiger partial charge on any atom is 0.401 e. The molecule has 0 bridgehead atoms. The molecule has 0 amide bonds. The molecule has 3 heterocycles. The molecule has 2 N–H and O–H groups in total. The lowest BCUT2D eigenvalue weighted by atomic mass is 10.3. The second-order valence-corrected chi connectivity index (χ2v) is 6.72. The van der Waals surface area contributed by atoms with Crippen LogP contribution in [-0.4, -0.2) is 70.9 Å². The van der Waals surface area contributed by atoms with Crippen LogP contribution in [0.2, 0.25) is 0 Å². The maximum absolute atomic E-state index is 12.5. The van der Waals surface area contributed by atoms with Crippen molar-refractivity contribution < 1.29 is 17.7 Å². The molecule has 3 rings (SSSR count). The SMILES string of the molecule is CCNC(=NCCc1noc(-c2ccccn2)n1)NC1CCN(CC(F)(F)F)C1.I. The van der Waals surface area contributed by atoms with Gasteiger partial charge in [0.25, 0.3) is 5.89 Å². The Morgan fingerprint density at radius 2 is 2.20 bits per heavy atom. The molecular formula is C18H25F3IN7O. The summed E-state index contributed by atoms with van der Waals surface area (Å²) in [4.78, 5) is 14.3. The van der Waals surface area contributed by atoms with Crippen LogP contribution in [0.15, 0.2) is 33.9 Å². The third-order valence-electron chi connectivity index (χ3n) is 4.32. The maximum atomic E-state index is 12.5. The van der Waals surface area contributed by atoms with E-state index in [1.54, 1.807) is 18.3 Å². The van der Waals surface area contributed by atoms with Gasteiger partial charge in [-0.05, 0) is 25.5 Å². The lowest BCUT2D eigenvalue weighted by Gasteiger charge is -2.19. The highest BCUT2D eigenvalue weighted by molar-refractivity contribution is 14.0. The van der Waals surface area contributed by atoms with Gasteiger partial charge in [0.15, 0.2) is 11.8 Å². The minimum absolute atomic E-state index is 0. The zero-order chi connectivity index (χ0) is 20.7. The molecule has 0 aromatic carbocycles. The van der Waals surface area contributed by atoms with E-state index in [0.717, 1.165) is 0 Å². The zero-order valence-corrected chi connectivity index (χ0v) is 18.9. The Kier molecular flexibility index (Phi) is 9.27. The van der Waals surface area contributed by atoms with E-state index in [4.69, 9.17) is 4.52 Å². The number of rotatable bonds is 7. The van der Waals surface area contributed by atoms with Crippen LogP contribution in [0.4, 0.5) is 13.2 Å². The highest BCUT2D eigenvalue weighted by Crippen LogP contribution is 2.20. The third-order valence-corrected chi connectivity index (χ3v) is 4.32. The summed E-state index contributed by atoms with van der Waals surface area (Å²) in [6, 6.07) is 5.35. The smallest absolute Gasteiger partial charge is 0.357 e. The van der Waals surface area contributed by atoms with Crippen molar-refractivity contribution in [3.63, 3.8) is 0 Å². The minimum atomic E-state index is -4.17. The summed E-state index contributed by atoms with van der Waals surface area (Å²) in [6.07, 6.45) is -1.42.